The molecule has 0 bridgehead atoms. The Morgan fingerprint density at radius 1 is 1.08 bits per heavy atom. The second-order valence-corrected chi connectivity index (χ2v) is 5.43. The third kappa shape index (κ3) is 5.48. The minimum absolute atomic E-state index is 0.138. The molecule has 0 aliphatic rings. The molecule has 0 unspecified atom stereocenters. The van der Waals surface area contributed by atoms with E-state index in [0.717, 1.165) is 5.56 Å². The van der Waals surface area contributed by atoms with E-state index in [-0.39, 0.29) is 6.61 Å². The third-order valence-electron chi connectivity index (χ3n) is 3.13. The Morgan fingerprint density at radius 3 is 2.46 bits per heavy atom. The maximum atomic E-state index is 12.0. The van der Waals surface area contributed by atoms with E-state index in [2.05, 4.69) is 16.2 Å². The summed E-state index contributed by atoms with van der Waals surface area (Å²) in [5.74, 6) is -0.424. The number of halogens is 1. The molecule has 0 saturated carbocycles. The number of carbonyl (C=O) groups is 2. The second kappa shape index (κ2) is 8.79. The molecule has 0 aliphatic carbocycles. The van der Waals surface area contributed by atoms with Gasteiger partial charge in [0.2, 0.25) is 0 Å². The van der Waals surface area contributed by atoms with Crippen molar-refractivity contribution in [3.63, 3.8) is 0 Å². The lowest BCUT2D eigenvalue weighted by Crippen LogP contribution is -2.46. The van der Waals surface area contributed by atoms with E-state index in [4.69, 9.17) is 16.3 Å². The first-order valence-corrected chi connectivity index (χ1v) is 7.71. The van der Waals surface area contributed by atoms with Gasteiger partial charge in [0.25, 0.3) is 5.91 Å². The summed E-state index contributed by atoms with van der Waals surface area (Å²) in [4.78, 5) is 23.7. The van der Waals surface area contributed by atoms with Crippen LogP contribution in [0.1, 0.15) is 12.5 Å². The molecule has 2 rings (SSSR count). The highest BCUT2D eigenvalue weighted by molar-refractivity contribution is 6.33. The van der Waals surface area contributed by atoms with Crippen LogP contribution < -0.4 is 16.2 Å². The van der Waals surface area contributed by atoms with E-state index in [1.807, 2.05) is 30.3 Å². The van der Waals surface area contributed by atoms with Crippen LogP contribution in [0.5, 0.6) is 0 Å². The van der Waals surface area contributed by atoms with Crippen molar-refractivity contribution in [3.8, 4) is 0 Å². The van der Waals surface area contributed by atoms with Gasteiger partial charge in [-0.3, -0.25) is 15.6 Å². The van der Waals surface area contributed by atoms with Crippen LogP contribution in [0, 0.1) is 0 Å². The molecular weight excluding hydrogens is 330 g/mol. The molecule has 6 nitrogen and oxygen atoms in total. The van der Waals surface area contributed by atoms with Crippen molar-refractivity contribution in [2.75, 3.05) is 5.43 Å². The molecule has 7 heteroatoms. The summed E-state index contributed by atoms with van der Waals surface area (Å²) in [5.41, 5.74) is 6.60. The average Bonchev–Trinajstić information content (AvgIpc) is 2.60. The molecule has 0 saturated heterocycles. The Bertz CT molecular complexity index is 694. The molecule has 24 heavy (non-hydrogen) atoms. The fourth-order valence-electron chi connectivity index (χ4n) is 1.81. The lowest BCUT2D eigenvalue weighted by atomic mass is 10.2. The van der Waals surface area contributed by atoms with Gasteiger partial charge in [0.05, 0.1) is 10.7 Å². The Labute approximate surface area is 145 Å². The predicted octanol–water partition coefficient (Wildman–Crippen LogP) is 3.10. The van der Waals surface area contributed by atoms with Crippen molar-refractivity contribution >= 4 is 29.3 Å². The zero-order valence-electron chi connectivity index (χ0n) is 13.1. The first kappa shape index (κ1) is 17.6. The number of hydrogen-bond donors (Lipinski definition) is 3. The number of carbonyl (C=O) groups excluding carboxylic acids is 2. The Hall–Kier alpha value is -2.73. The maximum absolute atomic E-state index is 12.0. The van der Waals surface area contributed by atoms with E-state index in [1.165, 1.54) is 0 Å². The highest BCUT2D eigenvalue weighted by atomic mass is 35.5. The lowest BCUT2D eigenvalue weighted by molar-refractivity contribution is -0.122. The summed E-state index contributed by atoms with van der Waals surface area (Å²) in [7, 11) is 0. The number of ether oxygens (including phenoxy) is 1. The third-order valence-corrected chi connectivity index (χ3v) is 3.46. The molecule has 2 aromatic carbocycles. The van der Waals surface area contributed by atoms with Crippen molar-refractivity contribution in [2.45, 2.75) is 19.6 Å². The van der Waals surface area contributed by atoms with Gasteiger partial charge in [-0.15, -0.1) is 0 Å². The van der Waals surface area contributed by atoms with Crippen LogP contribution in [-0.4, -0.2) is 18.0 Å². The molecule has 0 aliphatic heterocycles. The van der Waals surface area contributed by atoms with Crippen LogP contribution in [0.25, 0.3) is 0 Å². The Balaban J connectivity index is 1.74. The number of para-hydroxylation sites is 1. The Kier molecular flexibility index (Phi) is 6.45. The normalized spacial score (nSPS) is 11.2. The molecule has 0 aromatic heterocycles. The fraction of sp³-hybridized carbons (Fsp3) is 0.176. The van der Waals surface area contributed by atoms with Crippen molar-refractivity contribution in [1.29, 1.82) is 0 Å². The summed E-state index contributed by atoms with van der Waals surface area (Å²) in [6.07, 6.45) is -0.667. The van der Waals surface area contributed by atoms with Crippen LogP contribution in [0.15, 0.2) is 54.6 Å². The molecule has 3 N–H and O–H groups in total. The molecule has 1 atom stereocenters. The number of benzene rings is 2. The van der Waals surface area contributed by atoms with Crippen molar-refractivity contribution in [3.05, 3.63) is 65.2 Å². The molecular formula is C17H18ClN3O3. The van der Waals surface area contributed by atoms with Gasteiger partial charge in [0.1, 0.15) is 12.6 Å². The van der Waals surface area contributed by atoms with E-state index in [0.29, 0.717) is 10.7 Å². The molecule has 126 valence electrons. The van der Waals surface area contributed by atoms with Gasteiger partial charge < -0.3 is 10.1 Å². The van der Waals surface area contributed by atoms with Crippen LogP contribution >= 0.6 is 11.6 Å². The lowest BCUT2D eigenvalue weighted by Gasteiger charge is -2.15. The minimum atomic E-state index is -0.775. The first-order valence-electron chi connectivity index (χ1n) is 7.34. The molecule has 2 aromatic rings. The van der Waals surface area contributed by atoms with Gasteiger partial charge in [0.15, 0.2) is 0 Å². The quantitative estimate of drug-likeness (QED) is 0.701. The van der Waals surface area contributed by atoms with Crippen LogP contribution in [-0.2, 0) is 16.1 Å². The highest BCUT2D eigenvalue weighted by Crippen LogP contribution is 2.19. The zero-order valence-corrected chi connectivity index (χ0v) is 13.8. The molecule has 0 spiro atoms. The summed E-state index contributed by atoms with van der Waals surface area (Å²) in [5, 5.41) is 2.93. The smallest absolute Gasteiger partial charge is 0.408 e. The summed E-state index contributed by atoms with van der Waals surface area (Å²) < 4.78 is 5.06. The maximum Gasteiger partial charge on any atom is 0.408 e. The average molecular weight is 348 g/mol. The van der Waals surface area contributed by atoms with Gasteiger partial charge in [-0.25, -0.2) is 4.79 Å². The topological polar surface area (TPSA) is 79.5 Å². The summed E-state index contributed by atoms with van der Waals surface area (Å²) in [6, 6.07) is 15.5. The fourth-order valence-corrected chi connectivity index (χ4v) is 1.99. The van der Waals surface area contributed by atoms with Crippen molar-refractivity contribution in [1.82, 2.24) is 10.7 Å². The zero-order chi connectivity index (χ0) is 17.4. The van der Waals surface area contributed by atoms with Crippen LogP contribution in [0.2, 0.25) is 5.02 Å². The van der Waals surface area contributed by atoms with Gasteiger partial charge >= 0.3 is 6.09 Å². The minimum Gasteiger partial charge on any atom is -0.445 e. The molecule has 0 radical (unpaired) electrons. The number of amides is 2. The highest BCUT2D eigenvalue weighted by Gasteiger charge is 2.16. The van der Waals surface area contributed by atoms with Crippen LogP contribution in [0.3, 0.4) is 0 Å². The summed E-state index contributed by atoms with van der Waals surface area (Å²) in [6.45, 7) is 1.69. The van der Waals surface area contributed by atoms with E-state index < -0.39 is 18.0 Å². The number of alkyl carbamates (subject to hydrolysis) is 1. The standard InChI is InChI=1S/C17H18ClN3O3/c1-12(16(22)21-20-15-10-6-5-9-14(15)18)19-17(23)24-11-13-7-3-2-4-8-13/h2-10,12,20H,11H2,1H3,(H,19,23)(H,21,22)/t12-/m0/s1. The van der Waals surface area contributed by atoms with Crippen molar-refractivity contribution in [2.24, 2.45) is 0 Å². The van der Waals surface area contributed by atoms with Gasteiger partial charge in [-0.1, -0.05) is 54.1 Å². The Morgan fingerprint density at radius 2 is 1.75 bits per heavy atom. The number of hydrogen-bond acceptors (Lipinski definition) is 4. The van der Waals surface area contributed by atoms with Crippen molar-refractivity contribution < 1.29 is 14.3 Å². The SMILES string of the molecule is C[C@H](NC(=O)OCc1ccccc1)C(=O)NNc1ccccc1Cl. The second-order valence-electron chi connectivity index (χ2n) is 5.02. The number of nitrogens with one attached hydrogen (secondary N) is 3. The first-order chi connectivity index (χ1) is 11.6. The van der Waals surface area contributed by atoms with Gasteiger partial charge in [-0.2, -0.15) is 0 Å². The van der Waals surface area contributed by atoms with Gasteiger partial charge in [-0.05, 0) is 24.6 Å². The summed E-state index contributed by atoms with van der Waals surface area (Å²) >= 11 is 5.97. The monoisotopic (exact) mass is 347 g/mol. The predicted molar refractivity (Wildman–Crippen MR) is 92.4 cm³/mol. The molecule has 2 amide bonds. The van der Waals surface area contributed by atoms with Gasteiger partial charge in [0, 0.05) is 0 Å². The largest absolute Gasteiger partial charge is 0.445 e. The number of hydrazine groups is 1. The van der Waals surface area contributed by atoms with Crippen LogP contribution in [0.4, 0.5) is 10.5 Å². The van der Waals surface area contributed by atoms with E-state index in [9.17, 15) is 9.59 Å². The van der Waals surface area contributed by atoms with E-state index >= 15 is 0 Å². The van der Waals surface area contributed by atoms with E-state index in [1.54, 1.807) is 31.2 Å². The molecule has 0 fully saturated rings. The molecule has 0 heterocycles. The number of rotatable bonds is 6. The number of anilines is 1.